The molecule has 2 amide bonds. The first-order valence-electron chi connectivity index (χ1n) is 6.98. The predicted molar refractivity (Wildman–Crippen MR) is 71.3 cm³/mol. The molecule has 1 fully saturated rings. The Balaban J connectivity index is 1.83. The number of carbonyl (C=O) groups is 2. The molecule has 1 heterocycles. The molecule has 0 aromatic heterocycles. The van der Waals surface area contributed by atoms with Crippen LogP contribution in [0.2, 0.25) is 0 Å². The molecule has 2 unspecified atom stereocenters. The highest BCUT2D eigenvalue weighted by Crippen LogP contribution is 2.27. The van der Waals surface area contributed by atoms with E-state index in [2.05, 4.69) is 19.2 Å². The van der Waals surface area contributed by atoms with E-state index in [-0.39, 0.29) is 24.0 Å². The van der Waals surface area contributed by atoms with Gasteiger partial charge in [-0.2, -0.15) is 0 Å². The van der Waals surface area contributed by atoms with Gasteiger partial charge in [0.1, 0.15) is 0 Å². The van der Waals surface area contributed by atoms with Crippen LogP contribution in [0.15, 0.2) is 12.2 Å². The summed E-state index contributed by atoms with van der Waals surface area (Å²) in [5, 5.41) is 3.21. The molecule has 106 valence electrons. The smallest absolute Gasteiger partial charge is 0.253 e. The van der Waals surface area contributed by atoms with Crippen LogP contribution in [0.25, 0.3) is 0 Å². The number of imide groups is 1. The van der Waals surface area contributed by atoms with Crippen LogP contribution in [0.5, 0.6) is 0 Å². The molecule has 1 N–H and O–H groups in total. The Kier molecular flexibility index (Phi) is 4.71. The Morgan fingerprint density at radius 3 is 2.63 bits per heavy atom. The molecule has 0 saturated heterocycles. The Bertz CT molecular complexity index is 361. The number of amides is 2. The molecule has 1 saturated carbocycles. The first kappa shape index (κ1) is 14.2. The van der Waals surface area contributed by atoms with Crippen molar-refractivity contribution in [2.45, 2.75) is 57.7 Å². The summed E-state index contributed by atoms with van der Waals surface area (Å²) in [4.78, 5) is 24.7. The first-order chi connectivity index (χ1) is 9.08. The highest BCUT2D eigenvalue weighted by atomic mass is 16.5. The average molecular weight is 266 g/mol. The first-order valence-corrected chi connectivity index (χ1v) is 6.98. The maximum absolute atomic E-state index is 11.7. The van der Waals surface area contributed by atoms with E-state index in [1.807, 2.05) is 0 Å². The van der Waals surface area contributed by atoms with Crippen molar-refractivity contribution in [1.29, 1.82) is 0 Å². The summed E-state index contributed by atoms with van der Waals surface area (Å²) >= 11 is 0. The summed E-state index contributed by atoms with van der Waals surface area (Å²) < 4.78 is 5.77. The van der Waals surface area contributed by atoms with Crippen LogP contribution < -0.4 is 5.32 Å². The minimum atomic E-state index is -0.184. The molecule has 1 aliphatic heterocycles. The molecule has 2 aliphatic rings. The quantitative estimate of drug-likeness (QED) is 0.600. The number of ether oxygens (including phenoxy) is 1. The number of carbonyl (C=O) groups excluding carboxylic acids is 2. The Hall–Kier alpha value is -1.20. The van der Waals surface area contributed by atoms with E-state index >= 15 is 0 Å². The highest BCUT2D eigenvalue weighted by Gasteiger charge is 2.34. The second kappa shape index (κ2) is 6.30. The fourth-order valence-corrected chi connectivity index (χ4v) is 2.61. The zero-order chi connectivity index (χ0) is 13.8. The molecule has 1 aliphatic carbocycles. The van der Waals surface area contributed by atoms with Crippen molar-refractivity contribution in [2.75, 3.05) is 6.73 Å². The maximum atomic E-state index is 11.7. The zero-order valence-corrected chi connectivity index (χ0v) is 11.6. The van der Waals surface area contributed by atoms with Crippen LogP contribution in [0, 0.1) is 0 Å². The van der Waals surface area contributed by atoms with Gasteiger partial charge in [0.05, 0.1) is 12.8 Å². The van der Waals surface area contributed by atoms with Crippen molar-refractivity contribution in [1.82, 2.24) is 10.2 Å². The molecule has 2 rings (SSSR count). The molecular weight excluding hydrogens is 244 g/mol. The molecule has 0 spiro atoms. The summed E-state index contributed by atoms with van der Waals surface area (Å²) in [5.41, 5.74) is 0. The van der Waals surface area contributed by atoms with Crippen LogP contribution in [0.3, 0.4) is 0 Å². The molecule has 0 radical (unpaired) electrons. The van der Waals surface area contributed by atoms with Crippen molar-refractivity contribution in [3.05, 3.63) is 12.2 Å². The molecule has 0 bridgehead atoms. The molecule has 2 atom stereocenters. The Labute approximate surface area is 114 Å². The number of rotatable bonds is 5. The van der Waals surface area contributed by atoms with Crippen LogP contribution >= 0.6 is 0 Å². The molecule has 0 aromatic rings. The third kappa shape index (κ3) is 3.64. The topological polar surface area (TPSA) is 58.6 Å². The van der Waals surface area contributed by atoms with E-state index < -0.39 is 0 Å². The van der Waals surface area contributed by atoms with E-state index in [4.69, 9.17) is 4.74 Å². The van der Waals surface area contributed by atoms with E-state index in [0.717, 1.165) is 25.7 Å². The van der Waals surface area contributed by atoms with Gasteiger partial charge in [-0.3, -0.25) is 19.8 Å². The lowest BCUT2D eigenvalue weighted by Gasteiger charge is -2.34. The summed E-state index contributed by atoms with van der Waals surface area (Å²) in [6.45, 7) is 4.66. The largest absolute Gasteiger partial charge is 0.363 e. The van der Waals surface area contributed by atoms with Crippen LogP contribution in [-0.2, 0) is 14.3 Å². The lowest BCUT2D eigenvalue weighted by molar-refractivity contribution is -0.141. The molecule has 5 heteroatoms. The predicted octanol–water partition coefficient (Wildman–Crippen LogP) is 1.19. The van der Waals surface area contributed by atoms with Gasteiger partial charge in [-0.25, -0.2) is 0 Å². The van der Waals surface area contributed by atoms with Gasteiger partial charge in [-0.05, 0) is 39.5 Å². The van der Waals surface area contributed by atoms with Gasteiger partial charge in [0.25, 0.3) is 11.8 Å². The number of hydrogen-bond acceptors (Lipinski definition) is 4. The summed E-state index contributed by atoms with van der Waals surface area (Å²) in [5.74, 6) is -0.369. The van der Waals surface area contributed by atoms with Crippen molar-refractivity contribution < 1.29 is 14.3 Å². The van der Waals surface area contributed by atoms with Gasteiger partial charge in [0, 0.05) is 24.2 Å². The second-order valence-corrected chi connectivity index (χ2v) is 5.49. The molecule has 5 nitrogen and oxygen atoms in total. The van der Waals surface area contributed by atoms with Crippen LogP contribution in [0.1, 0.15) is 39.5 Å². The van der Waals surface area contributed by atoms with Crippen LogP contribution in [0.4, 0.5) is 0 Å². The van der Waals surface area contributed by atoms with Crippen molar-refractivity contribution in [2.24, 2.45) is 0 Å². The normalized spacial score (nSPS) is 27.6. The number of nitrogens with zero attached hydrogens (tertiary/aromatic N) is 1. The Morgan fingerprint density at radius 2 is 2.00 bits per heavy atom. The van der Waals surface area contributed by atoms with Gasteiger partial charge in [0.2, 0.25) is 0 Å². The number of nitrogens with one attached hydrogen (secondary N) is 1. The minimum absolute atomic E-state index is 0.00667. The third-order valence-electron chi connectivity index (χ3n) is 3.62. The van der Waals surface area contributed by atoms with Crippen molar-refractivity contribution >= 4 is 11.8 Å². The maximum Gasteiger partial charge on any atom is 0.253 e. The molecule has 0 aromatic carbocycles. The van der Waals surface area contributed by atoms with Crippen molar-refractivity contribution in [3.8, 4) is 0 Å². The van der Waals surface area contributed by atoms with Gasteiger partial charge in [-0.15, -0.1) is 0 Å². The van der Waals surface area contributed by atoms with Crippen molar-refractivity contribution in [3.63, 3.8) is 0 Å². The van der Waals surface area contributed by atoms with E-state index in [1.165, 1.54) is 17.1 Å². The zero-order valence-electron chi connectivity index (χ0n) is 11.6. The Morgan fingerprint density at radius 1 is 1.32 bits per heavy atom. The standard InChI is InChI=1S/C14H22N2O3/c1-10(2)15-9-19-12-5-3-4-11(8-12)16-13(17)6-7-14(16)18/h6-7,10-12,15H,3-5,8-9H2,1-2H3. The third-order valence-corrected chi connectivity index (χ3v) is 3.62. The fraction of sp³-hybridized carbons (Fsp3) is 0.714. The fourth-order valence-electron chi connectivity index (χ4n) is 2.61. The number of hydrogen-bond donors (Lipinski definition) is 1. The van der Waals surface area contributed by atoms with Gasteiger partial charge < -0.3 is 4.74 Å². The second-order valence-electron chi connectivity index (χ2n) is 5.49. The van der Waals surface area contributed by atoms with E-state index in [0.29, 0.717) is 12.8 Å². The summed E-state index contributed by atoms with van der Waals surface area (Å²) in [7, 11) is 0. The summed E-state index contributed by atoms with van der Waals surface area (Å²) in [6.07, 6.45) is 6.47. The molecule has 19 heavy (non-hydrogen) atoms. The van der Waals surface area contributed by atoms with E-state index in [1.54, 1.807) is 0 Å². The van der Waals surface area contributed by atoms with Crippen LogP contribution in [-0.4, -0.2) is 41.6 Å². The van der Waals surface area contributed by atoms with Gasteiger partial charge in [0.15, 0.2) is 0 Å². The van der Waals surface area contributed by atoms with E-state index in [9.17, 15) is 9.59 Å². The molecular formula is C14H22N2O3. The van der Waals surface area contributed by atoms with Gasteiger partial charge >= 0.3 is 0 Å². The highest BCUT2D eigenvalue weighted by molar-refractivity contribution is 6.13. The summed E-state index contributed by atoms with van der Waals surface area (Å²) in [6, 6.07) is 0.387. The lowest BCUT2D eigenvalue weighted by atomic mass is 9.92. The average Bonchev–Trinajstić information content (AvgIpc) is 2.69. The SMILES string of the molecule is CC(C)NCOC1CCCC(N2C(=O)C=CC2=O)C1. The van der Waals surface area contributed by atoms with Gasteiger partial charge in [-0.1, -0.05) is 0 Å². The minimum Gasteiger partial charge on any atom is -0.363 e. The monoisotopic (exact) mass is 266 g/mol. The lowest BCUT2D eigenvalue weighted by Crippen LogP contribution is -2.44.